The molecule has 1 N–H and O–H groups in total. The minimum atomic E-state index is 0.728. The van der Waals surface area contributed by atoms with Gasteiger partial charge in [-0.15, -0.1) is 0 Å². The molecule has 0 radical (unpaired) electrons. The molecule has 3 nitrogen and oxygen atoms in total. The minimum Gasteiger partial charge on any atom is -0.371 e. The second-order valence-electron chi connectivity index (χ2n) is 5.57. The molecule has 4 heteroatoms. The normalized spacial score (nSPS) is 18.1. The molecular formula is C17H20BrN3. The van der Waals surface area contributed by atoms with Gasteiger partial charge in [0, 0.05) is 48.7 Å². The van der Waals surface area contributed by atoms with Gasteiger partial charge in [0.15, 0.2) is 0 Å². The van der Waals surface area contributed by atoms with Gasteiger partial charge in [-0.25, -0.2) is 0 Å². The Kier molecular flexibility index (Phi) is 4.88. The molecule has 1 fully saturated rings. The summed E-state index contributed by atoms with van der Waals surface area (Å²) in [5.41, 5.74) is 2.62. The summed E-state index contributed by atoms with van der Waals surface area (Å²) in [5.74, 6) is 0.728. The fourth-order valence-corrected chi connectivity index (χ4v) is 3.22. The molecule has 0 amide bonds. The van der Waals surface area contributed by atoms with E-state index in [4.69, 9.17) is 0 Å². The summed E-state index contributed by atoms with van der Waals surface area (Å²) in [6, 6.07) is 12.7. The third-order valence-corrected chi connectivity index (χ3v) is 4.46. The Morgan fingerprint density at radius 1 is 1.24 bits per heavy atom. The van der Waals surface area contributed by atoms with Crippen molar-refractivity contribution in [2.75, 3.05) is 24.5 Å². The molecule has 0 bridgehead atoms. The Hall–Kier alpha value is -1.39. The van der Waals surface area contributed by atoms with Crippen LogP contribution < -0.4 is 10.2 Å². The van der Waals surface area contributed by atoms with E-state index in [2.05, 4.69) is 67.5 Å². The molecule has 1 atom stereocenters. The number of halogens is 1. The minimum absolute atomic E-state index is 0.728. The summed E-state index contributed by atoms with van der Waals surface area (Å²) in [6.45, 7) is 4.29. The zero-order chi connectivity index (χ0) is 14.5. The van der Waals surface area contributed by atoms with E-state index in [-0.39, 0.29) is 0 Å². The zero-order valence-electron chi connectivity index (χ0n) is 12.0. The molecule has 1 saturated heterocycles. The summed E-state index contributed by atoms with van der Waals surface area (Å²) in [6.07, 6.45) is 4.96. The lowest BCUT2D eigenvalue weighted by atomic mass is 10.1. The molecule has 110 valence electrons. The van der Waals surface area contributed by atoms with E-state index < -0.39 is 0 Å². The van der Waals surface area contributed by atoms with E-state index in [1.165, 1.54) is 17.7 Å². The monoisotopic (exact) mass is 345 g/mol. The molecule has 2 heterocycles. The summed E-state index contributed by atoms with van der Waals surface area (Å²) in [5, 5.41) is 3.56. The lowest BCUT2D eigenvalue weighted by molar-refractivity contribution is 0.516. The van der Waals surface area contributed by atoms with Crippen LogP contribution in [0.2, 0.25) is 0 Å². The van der Waals surface area contributed by atoms with Crippen molar-refractivity contribution in [3.8, 4) is 0 Å². The first-order valence-electron chi connectivity index (χ1n) is 7.41. The van der Waals surface area contributed by atoms with E-state index in [1.54, 1.807) is 0 Å². The molecule has 21 heavy (non-hydrogen) atoms. The molecule has 0 aliphatic carbocycles. The van der Waals surface area contributed by atoms with Crippen molar-refractivity contribution in [2.24, 2.45) is 5.92 Å². The van der Waals surface area contributed by atoms with Crippen LogP contribution in [0.3, 0.4) is 0 Å². The van der Waals surface area contributed by atoms with Gasteiger partial charge in [-0.3, -0.25) is 4.98 Å². The fourth-order valence-electron chi connectivity index (χ4n) is 2.83. The summed E-state index contributed by atoms with van der Waals surface area (Å²) < 4.78 is 1.15. The van der Waals surface area contributed by atoms with Crippen LogP contribution in [0, 0.1) is 5.92 Å². The third-order valence-electron chi connectivity index (χ3n) is 3.97. The molecule has 1 aliphatic rings. The fraction of sp³-hybridized carbons (Fsp3) is 0.353. The van der Waals surface area contributed by atoms with Crippen LogP contribution in [-0.2, 0) is 6.54 Å². The number of nitrogens with one attached hydrogen (secondary N) is 1. The standard InChI is InChI=1S/C17H20BrN3/c18-16-2-1-3-17(10-16)21-9-6-15(13-21)12-20-11-14-4-7-19-8-5-14/h1-5,7-8,10,15,20H,6,9,11-13H2. The number of hydrogen-bond acceptors (Lipinski definition) is 3. The number of pyridine rings is 1. The summed E-state index contributed by atoms with van der Waals surface area (Å²) in [7, 11) is 0. The SMILES string of the molecule is Brc1cccc(N2CCC(CNCc3ccncc3)C2)c1. The highest BCUT2D eigenvalue weighted by molar-refractivity contribution is 9.10. The van der Waals surface area contributed by atoms with Crippen LogP contribution in [0.15, 0.2) is 53.3 Å². The maximum absolute atomic E-state index is 4.04. The van der Waals surface area contributed by atoms with Gasteiger partial charge in [-0.2, -0.15) is 0 Å². The predicted octanol–water partition coefficient (Wildman–Crippen LogP) is 3.46. The van der Waals surface area contributed by atoms with E-state index in [0.29, 0.717) is 0 Å². The van der Waals surface area contributed by atoms with Gasteiger partial charge in [0.1, 0.15) is 0 Å². The first-order chi connectivity index (χ1) is 10.3. The van der Waals surface area contributed by atoms with E-state index >= 15 is 0 Å². The zero-order valence-corrected chi connectivity index (χ0v) is 13.6. The van der Waals surface area contributed by atoms with Crippen LogP contribution in [0.4, 0.5) is 5.69 Å². The van der Waals surface area contributed by atoms with Crippen molar-refractivity contribution in [3.63, 3.8) is 0 Å². The number of nitrogens with zero attached hydrogens (tertiary/aromatic N) is 2. The van der Waals surface area contributed by atoms with Crippen molar-refractivity contribution in [1.82, 2.24) is 10.3 Å². The summed E-state index contributed by atoms with van der Waals surface area (Å²) in [4.78, 5) is 6.52. The topological polar surface area (TPSA) is 28.2 Å². The van der Waals surface area contributed by atoms with Gasteiger partial charge in [0.2, 0.25) is 0 Å². The van der Waals surface area contributed by atoms with Crippen LogP contribution in [0.5, 0.6) is 0 Å². The molecule has 0 saturated carbocycles. The molecular weight excluding hydrogens is 326 g/mol. The molecule has 2 aromatic rings. The van der Waals surface area contributed by atoms with E-state index in [1.807, 2.05) is 12.4 Å². The Labute approximate surface area is 134 Å². The predicted molar refractivity (Wildman–Crippen MR) is 90.4 cm³/mol. The van der Waals surface area contributed by atoms with Crippen LogP contribution in [0.1, 0.15) is 12.0 Å². The lowest BCUT2D eigenvalue weighted by Crippen LogP contribution is -2.26. The second-order valence-corrected chi connectivity index (χ2v) is 6.48. The van der Waals surface area contributed by atoms with Gasteiger partial charge >= 0.3 is 0 Å². The average Bonchev–Trinajstić information content (AvgIpc) is 2.97. The van der Waals surface area contributed by atoms with E-state index in [9.17, 15) is 0 Å². The highest BCUT2D eigenvalue weighted by Gasteiger charge is 2.22. The highest BCUT2D eigenvalue weighted by Crippen LogP contribution is 2.25. The Bertz CT molecular complexity index is 573. The van der Waals surface area contributed by atoms with Gasteiger partial charge in [0.25, 0.3) is 0 Å². The quantitative estimate of drug-likeness (QED) is 0.899. The molecule has 1 unspecified atom stereocenters. The highest BCUT2D eigenvalue weighted by atomic mass is 79.9. The van der Waals surface area contributed by atoms with Gasteiger partial charge in [-0.05, 0) is 48.2 Å². The molecule has 1 aliphatic heterocycles. The molecule has 0 spiro atoms. The van der Waals surface area contributed by atoms with E-state index in [0.717, 1.165) is 36.6 Å². The van der Waals surface area contributed by atoms with Crippen LogP contribution >= 0.6 is 15.9 Å². The second kappa shape index (κ2) is 7.05. The number of rotatable bonds is 5. The lowest BCUT2D eigenvalue weighted by Gasteiger charge is -2.19. The number of hydrogen-bond donors (Lipinski definition) is 1. The van der Waals surface area contributed by atoms with Crippen molar-refractivity contribution in [2.45, 2.75) is 13.0 Å². The largest absolute Gasteiger partial charge is 0.371 e. The van der Waals surface area contributed by atoms with Crippen molar-refractivity contribution < 1.29 is 0 Å². The maximum Gasteiger partial charge on any atom is 0.0377 e. The Balaban J connectivity index is 1.47. The first kappa shape index (κ1) is 14.5. The van der Waals surface area contributed by atoms with Crippen molar-refractivity contribution >= 4 is 21.6 Å². The number of aromatic nitrogens is 1. The molecule has 1 aromatic carbocycles. The third kappa shape index (κ3) is 4.05. The van der Waals surface area contributed by atoms with Crippen LogP contribution in [0.25, 0.3) is 0 Å². The van der Waals surface area contributed by atoms with Gasteiger partial charge in [0.05, 0.1) is 0 Å². The Morgan fingerprint density at radius 3 is 2.90 bits per heavy atom. The molecule has 3 rings (SSSR count). The van der Waals surface area contributed by atoms with Gasteiger partial charge in [-0.1, -0.05) is 22.0 Å². The maximum atomic E-state index is 4.04. The molecule has 1 aromatic heterocycles. The van der Waals surface area contributed by atoms with Crippen LogP contribution in [-0.4, -0.2) is 24.6 Å². The van der Waals surface area contributed by atoms with Crippen molar-refractivity contribution in [3.05, 3.63) is 58.8 Å². The first-order valence-corrected chi connectivity index (χ1v) is 8.21. The average molecular weight is 346 g/mol. The number of anilines is 1. The Morgan fingerprint density at radius 2 is 2.10 bits per heavy atom. The van der Waals surface area contributed by atoms with Crippen molar-refractivity contribution in [1.29, 1.82) is 0 Å². The summed E-state index contributed by atoms with van der Waals surface area (Å²) >= 11 is 3.55. The van der Waals surface area contributed by atoms with Gasteiger partial charge < -0.3 is 10.2 Å². The smallest absolute Gasteiger partial charge is 0.0377 e. The number of benzene rings is 1.